The van der Waals surface area contributed by atoms with Crippen LogP contribution in [0, 0.1) is 13.8 Å². The molecule has 0 aliphatic heterocycles. The van der Waals surface area contributed by atoms with Crippen molar-refractivity contribution in [3.8, 4) is 0 Å². The first-order valence-corrected chi connectivity index (χ1v) is 5.68. The van der Waals surface area contributed by atoms with Gasteiger partial charge in [0, 0.05) is 11.3 Å². The van der Waals surface area contributed by atoms with Crippen molar-refractivity contribution in [3.05, 3.63) is 52.8 Å². The largest absolute Gasteiger partial charge is 0.409 e. The fourth-order valence-corrected chi connectivity index (χ4v) is 1.89. The van der Waals surface area contributed by atoms with Crippen LogP contribution in [0.4, 0.5) is 0 Å². The molecule has 1 aromatic heterocycles. The fraction of sp³-hybridized carbons (Fsp3) is 0.231. The maximum atomic E-state index is 8.66. The van der Waals surface area contributed by atoms with Gasteiger partial charge < -0.3 is 10.9 Å². The molecule has 0 atom stereocenters. The topological polar surface area (TPSA) is 76.4 Å². The minimum absolute atomic E-state index is 0.116. The van der Waals surface area contributed by atoms with Crippen molar-refractivity contribution < 1.29 is 5.21 Å². The Morgan fingerprint density at radius 2 is 2.17 bits per heavy atom. The van der Waals surface area contributed by atoms with E-state index in [1.165, 1.54) is 0 Å². The van der Waals surface area contributed by atoms with Gasteiger partial charge in [-0.25, -0.2) is 0 Å². The van der Waals surface area contributed by atoms with E-state index >= 15 is 0 Å². The van der Waals surface area contributed by atoms with E-state index in [1.54, 1.807) is 6.07 Å². The van der Waals surface area contributed by atoms with Gasteiger partial charge in [-0.15, -0.1) is 0 Å². The van der Waals surface area contributed by atoms with E-state index in [0.717, 1.165) is 17.0 Å². The molecule has 18 heavy (non-hydrogen) atoms. The van der Waals surface area contributed by atoms with Crippen LogP contribution in [0.25, 0.3) is 0 Å². The van der Waals surface area contributed by atoms with Gasteiger partial charge >= 0.3 is 0 Å². The van der Waals surface area contributed by atoms with Crippen molar-refractivity contribution in [3.63, 3.8) is 0 Å². The number of amidine groups is 1. The van der Waals surface area contributed by atoms with Crippen LogP contribution in [0.5, 0.6) is 0 Å². The molecule has 3 N–H and O–H groups in total. The first-order chi connectivity index (χ1) is 8.60. The van der Waals surface area contributed by atoms with Gasteiger partial charge in [-0.2, -0.15) is 5.10 Å². The minimum Gasteiger partial charge on any atom is -0.409 e. The standard InChI is InChI=1S/C13H16N4O/c1-9-6-10(2)17(15-9)8-11-4-3-5-12(7-11)13(14)16-18/h3-7,18H,8H2,1-2H3,(H2,14,16). The molecule has 0 fully saturated rings. The maximum absolute atomic E-state index is 8.66. The summed E-state index contributed by atoms with van der Waals surface area (Å²) >= 11 is 0. The third-order valence-electron chi connectivity index (χ3n) is 2.77. The summed E-state index contributed by atoms with van der Waals surface area (Å²) < 4.78 is 1.93. The van der Waals surface area contributed by atoms with E-state index in [4.69, 9.17) is 10.9 Å². The Balaban J connectivity index is 2.27. The number of hydrogen-bond donors (Lipinski definition) is 2. The molecule has 2 rings (SSSR count). The molecule has 1 aromatic carbocycles. The smallest absolute Gasteiger partial charge is 0.170 e. The molecule has 0 saturated heterocycles. The van der Waals surface area contributed by atoms with E-state index in [9.17, 15) is 0 Å². The second-order valence-corrected chi connectivity index (χ2v) is 4.27. The summed E-state index contributed by atoms with van der Waals surface area (Å²) in [6, 6.07) is 9.61. The quantitative estimate of drug-likeness (QED) is 0.373. The van der Waals surface area contributed by atoms with Crippen molar-refractivity contribution in [2.75, 3.05) is 0 Å². The van der Waals surface area contributed by atoms with E-state index in [1.807, 2.05) is 42.8 Å². The average Bonchev–Trinajstić information content (AvgIpc) is 2.67. The van der Waals surface area contributed by atoms with Gasteiger partial charge in [0.2, 0.25) is 0 Å². The molecule has 5 heteroatoms. The number of benzene rings is 1. The predicted octanol–water partition coefficient (Wildman–Crippen LogP) is 1.64. The van der Waals surface area contributed by atoms with Crippen LogP contribution in [0.3, 0.4) is 0 Å². The Bertz CT molecular complexity index is 586. The van der Waals surface area contributed by atoms with Crippen molar-refractivity contribution in [2.24, 2.45) is 10.9 Å². The van der Waals surface area contributed by atoms with Gasteiger partial charge in [0.1, 0.15) is 0 Å². The van der Waals surface area contributed by atoms with Crippen molar-refractivity contribution in [1.29, 1.82) is 0 Å². The summed E-state index contributed by atoms with van der Waals surface area (Å²) in [4.78, 5) is 0. The predicted molar refractivity (Wildman–Crippen MR) is 69.8 cm³/mol. The van der Waals surface area contributed by atoms with Gasteiger partial charge in [0.05, 0.1) is 12.2 Å². The van der Waals surface area contributed by atoms with Crippen LogP contribution in [-0.2, 0) is 6.54 Å². The fourth-order valence-electron chi connectivity index (χ4n) is 1.89. The summed E-state index contributed by atoms with van der Waals surface area (Å²) in [6.07, 6.45) is 0. The average molecular weight is 244 g/mol. The monoisotopic (exact) mass is 244 g/mol. The van der Waals surface area contributed by atoms with E-state index in [0.29, 0.717) is 12.1 Å². The van der Waals surface area contributed by atoms with Crippen molar-refractivity contribution in [1.82, 2.24) is 9.78 Å². The van der Waals surface area contributed by atoms with E-state index < -0.39 is 0 Å². The molecule has 0 radical (unpaired) electrons. The molecule has 1 heterocycles. The summed E-state index contributed by atoms with van der Waals surface area (Å²) in [7, 11) is 0. The van der Waals surface area contributed by atoms with E-state index in [-0.39, 0.29) is 5.84 Å². The second-order valence-electron chi connectivity index (χ2n) is 4.27. The normalized spacial score (nSPS) is 11.8. The zero-order valence-corrected chi connectivity index (χ0v) is 10.5. The lowest BCUT2D eigenvalue weighted by molar-refractivity contribution is 0.318. The zero-order chi connectivity index (χ0) is 13.1. The van der Waals surface area contributed by atoms with Crippen LogP contribution >= 0.6 is 0 Å². The molecule has 0 unspecified atom stereocenters. The second kappa shape index (κ2) is 4.91. The molecular formula is C13H16N4O. The highest BCUT2D eigenvalue weighted by molar-refractivity contribution is 5.97. The lowest BCUT2D eigenvalue weighted by Gasteiger charge is -2.06. The summed E-state index contributed by atoms with van der Waals surface area (Å²) in [5.41, 5.74) is 9.45. The zero-order valence-electron chi connectivity index (χ0n) is 10.5. The lowest BCUT2D eigenvalue weighted by Crippen LogP contribution is -2.13. The molecule has 0 saturated carbocycles. The van der Waals surface area contributed by atoms with Gasteiger partial charge in [0.25, 0.3) is 0 Å². The molecular weight excluding hydrogens is 228 g/mol. The number of oxime groups is 1. The third kappa shape index (κ3) is 2.51. The molecule has 0 spiro atoms. The van der Waals surface area contributed by atoms with Gasteiger partial charge in [-0.1, -0.05) is 23.4 Å². The Kier molecular flexibility index (Phi) is 3.32. The van der Waals surface area contributed by atoms with Gasteiger partial charge in [0.15, 0.2) is 5.84 Å². The van der Waals surface area contributed by atoms with Crippen LogP contribution in [-0.4, -0.2) is 20.8 Å². The van der Waals surface area contributed by atoms with Crippen LogP contribution in [0.15, 0.2) is 35.5 Å². The lowest BCUT2D eigenvalue weighted by atomic mass is 10.1. The number of hydrogen-bond acceptors (Lipinski definition) is 3. The third-order valence-corrected chi connectivity index (χ3v) is 2.77. The minimum atomic E-state index is 0.116. The molecule has 0 aliphatic rings. The summed E-state index contributed by atoms with van der Waals surface area (Å²) in [5.74, 6) is 0.116. The Morgan fingerprint density at radius 3 is 2.78 bits per heavy atom. The highest BCUT2D eigenvalue weighted by atomic mass is 16.4. The molecule has 94 valence electrons. The molecule has 0 amide bonds. The first kappa shape index (κ1) is 12.2. The number of rotatable bonds is 3. The SMILES string of the molecule is Cc1cc(C)n(Cc2cccc(C(N)=NO)c2)n1. The number of aromatic nitrogens is 2. The summed E-state index contributed by atoms with van der Waals surface area (Å²) in [5, 5.41) is 16.1. The molecule has 0 bridgehead atoms. The molecule has 0 aliphatic carbocycles. The Labute approximate surface area is 106 Å². The van der Waals surface area contributed by atoms with Crippen LogP contribution in [0.1, 0.15) is 22.5 Å². The molecule has 5 nitrogen and oxygen atoms in total. The number of nitrogens with two attached hydrogens (primary N) is 1. The highest BCUT2D eigenvalue weighted by Gasteiger charge is 2.04. The van der Waals surface area contributed by atoms with E-state index in [2.05, 4.69) is 10.3 Å². The van der Waals surface area contributed by atoms with Crippen LogP contribution in [0.2, 0.25) is 0 Å². The molecule has 2 aromatic rings. The Morgan fingerprint density at radius 1 is 1.39 bits per heavy atom. The van der Waals surface area contributed by atoms with Crippen LogP contribution < -0.4 is 5.73 Å². The maximum Gasteiger partial charge on any atom is 0.170 e. The number of nitrogens with zero attached hydrogens (tertiary/aromatic N) is 3. The van der Waals surface area contributed by atoms with Crippen molar-refractivity contribution in [2.45, 2.75) is 20.4 Å². The highest BCUT2D eigenvalue weighted by Crippen LogP contribution is 2.09. The first-order valence-electron chi connectivity index (χ1n) is 5.68. The summed E-state index contributed by atoms with van der Waals surface area (Å²) in [6.45, 7) is 4.66. The van der Waals surface area contributed by atoms with Crippen molar-refractivity contribution >= 4 is 5.84 Å². The Hall–Kier alpha value is -2.30. The number of aryl methyl sites for hydroxylation is 2. The van der Waals surface area contributed by atoms with Gasteiger partial charge in [-0.3, -0.25) is 4.68 Å². The van der Waals surface area contributed by atoms with Gasteiger partial charge in [-0.05, 0) is 31.5 Å².